The first-order valence-electron chi connectivity index (χ1n) is 7.50. The number of aromatic amines is 1. The molecule has 0 radical (unpaired) electrons. The second kappa shape index (κ2) is 11.2. The molecule has 2 aromatic carbocycles. The van der Waals surface area contributed by atoms with E-state index in [4.69, 9.17) is 28.9 Å². The molecular formula is C20H24Cl2N2O5. The van der Waals surface area contributed by atoms with Gasteiger partial charge in [0.2, 0.25) is 0 Å². The van der Waals surface area contributed by atoms with Crippen LogP contribution in [0.15, 0.2) is 36.4 Å². The normalized spacial score (nSPS) is 9.38. The summed E-state index contributed by atoms with van der Waals surface area (Å²) in [4.78, 5) is 25.0. The number of rotatable bonds is 2. The second-order valence-corrected chi connectivity index (χ2v) is 6.13. The molecule has 9 heteroatoms. The standard InChI is InChI=1S/C10H8ClNO3.C8H8ClNO2.2CH4/c1-15-10(14)8-9(13)6-4-5(11)2-3-7(6)12-8;1-12-8(11)6-4-5(9)2-3-7(6)10;;/h2-4,12-13H,1H3;2-4H,10H2,1H3;2*1H4. The van der Waals surface area contributed by atoms with Crippen molar-refractivity contribution in [3.63, 3.8) is 0 Å². The Hall–Kier alpha value is -2.90. The van der Waals surface area contributed by atoms with Crippen LogP contribution in [-0.4, -0.2) is 36.2 Å². The minimum Gasteiger partial charge on any atom is -0.505 e. The Labute approximate surface area is 179 Å². The van der Waals surface area contributed by atoms with Gasteiger partial charge in [0.1, 0.15) is 0 Å². The van der Waals surface area contributed by atoms with Gasteiger partial charge in [-0.15, -0.1) is 0 Å². The number of hydrogen-bond acceptors (Lipinski definition) is 6. The zero-order valence-electron chi connectivity index (χ0n) is 14.4. The van der Waals surface area contributed by atoms with Crippen LogP contribution in [0.4, 0.5) is 5.69 Å². The SMILES string of the molecule is C.C.COC(=O)c1[nH]c2ccc(Cl)cc2c1O.COC(=O)c1cc(Cl)ccc1N. The number of fused-ring (bicyclic) bond motifs is 1. The van der Waals surface area contributed by atoms with Crippen LogP contribution in [-0.2, 0) is 9.47 Å². The molecule has 0 aliphatic carbocycles. The molecule has 0 saturated heterocycles. The third-order valence-electron chi connectivity index (χ3n) is 3.54. The Bertz CT molecular complexity index is 1000. The minimum atomic E-state index is -0.611. The number of benzene rings is 2. The largest absolute Gasteiger partial charge is 0.505 e. The summed E-state index contributed by atoms with van der Waals surface area (Å²) < 4.78 is 9.01. The molecule has 7 nitrogen and oxygen atoms in total. The highest BCUT2D eigenvalue weighted by atomic mass is 35.5. The molecule has 1 heterocycles. The Balaban J connectivity index is 0.000000518. The second-order valence-electron chi connectivity index (χ2n) is 5.25. The highest BCUT2D eigenvalue weighted by Gasteiger charge is 2.17. The molecule has 4 N–H and O–H groups in total. The Morgan fingerprint density at radius 2 is 1.52 bits per heavy atom. The van der Waals surface area contributed by atoms with Crippen LogP contribution in [0.5, 0.6) is 5.75 Å². The number of H-pyrrole nitrogens is 1. The number of methoxy groups -OCH3 is 2. The summed E-state index contributed by atoms with van der Waals surface area (Å²) in [5, 5.41) is 11.2. The van der Waals surface area contributed by atoms with E-state index in [1.807, 2.05) is 0 Å². The maximum Gasteiger partial charge on any atom is 0.358 e. The number of ether oxygens (including phenoxy) is 2. The van der Waals surface area contributed by atoms with Gasteiger partial charge in [0.15, 0.2) is 11.4 Å². The molecule has 0 fully saturated rings. The molecule has 1 aromatic heterocycles. The molecular weight excluding hydrogens is 419 g/mol. The van der Waals surface area contributed by atoms with Crippen LogP contribution >= 0.6 is 23.2 Å². The van der Waals surface area contributed by atoms with Crippen LogP contribution in [0.25, 0.3) is 10.9 Å². The number of nitrogens with two attached hydrogens (primary N) is 1. The number of halogens is 2. The van der Waals surface area contributed by atoms with Crippen LogP contribution in [0.2, 0.25) is 10.0 Å². The molecule has 3 aromatic rings. The predicted octanol–water partition coefficient (Wildman–Crippen LogP) is 5.29. The van der Waals surface area contributed by atoms with Crippen molar-refractivity contribution < 1.29 is 24.2 Å². The van der Waals surface area contributed by atoms with Gasteiger partial charge in [-0.1, -0.05) is 38.1 Å². The van der Waals surface area contributed by atoms with Crippen molar-refractivity contribution in [2.45, 2.75) is 14.9 Å². The maximum atomic E-state index is 11.2. The van der Waals surface area contributed by atoms with E-state index >= 15 is 0 Å². The number of carbonyl (C=O) groups excluding carboxylic acids is 2. The fraction of sp³-hybridized carbons (Fsp3) is 0.200. The molecule has 0 saturated carbocycles. The number of nitrogen functional groups attached to an aromatic ring is 1. The molecule has 0 spiro atoms. The van der Waals surface area contributed by atoms with Gasteiger partial charge >= 0.3 is 11.9 Å². The minimum absolute atomic E-state index is 0. The lowest BCUT2D eigenvalue weighted by Gasteiger charge is -2.02. The smallest absolute Gasteiger partial charge is 0.358 e. The molecule has 0 atom stereocenters. The molecule has 158 valence electrons. The summed E-state index contributed by atoms with van der Waals surface area (Å²) >= 11 is 11.4. The predicted molar refractivity (Wildman–Crippen MR) is 117 cm³/mol. The van der Waals surface area contributed by atoms with E-state index in [9.17, 15) is 14.7 Å². The van der Waals surface area contributed by atoms with Crippen molar-refractivity contribution in [2.24, 2.45) is 0 Å². The van der Waals surface area contributed by atoms with Gasteiger partial charge in [-0.25, -0.2) is 9.59 Å². The van der Waals surface area contributed by atoms with Crippen LogP contribution in [0.3, 0.4) is 0 Å². The van der Waals surface area contributed by atoms with Gasteiger partial charge in [0.25, 0.3) is 0 Å². The number of hydrogen-bond donors (Lipinski definition) is 3. The third kappa shape index (κ3) is 6.04. The van der Waals surface area contributed by atoms with E-state index in [-0.39, 0.29) is 26.3 Å². The van der Waals surface area contributed by atoms with Crippen molar-refractivity contribution in [1.29, 1.82) is 0 Å². The van der Waals surface area contributed by atoms with Gasteiger partial charge in [0.05, 0.1) is 19.8 Å². The summed E-state index contributed by atoms with van der Waals surface area (Å²) in [6.07, 6.45) is 0. The summed E-state index contributed by atoms with van der Waals surface area (Å²) in [5.74, 6) is -1.23. The van der Waals surface area contributed by atoms with Gasteiger partial charge in [-0.3, -0.25) is 0 Å². The van der Waals surface area contributed by atoms with Gasteiger partial charge < -0.3 is 25.3 Å². The van der Waals surface area contributed by atoms with Gasteiger partial charge in [0, 0.05) is 26.6 Å². The van der Waals surface area contributed by atoms with Crippen molar-refractivity contribution >= 4 is 51.7 Å². The topological polar surface area (TPSA) is 115 Å². The summed E-state index contributed by atoms with van der Waals surface area (Å²) in [6.45, 7) is 0. The van der Waals surface area contributed by atoms with Crippen LogP contribution in [0, 0.1) is 0 Å². The van der Waals surface area contributed by atoms with Crippen molar-refractivity contribution in [2.75, 3.05) is 20.0 Å². The summed E-state index contributed by atoms with van der Waals surface area (Å²) in [7, 11) is 2.54. The van der Waals surface area contributed by atoms with Crippen molar-refractivity contribution in [3.05, 3.63) is 57.7 Å². The molecule has 29 heavy (non-hydrogen) atoms. The number of nitrogens with one attached hydrogen (secondary N) is 1. The third-order valence-corrected chi connectivity index (χ3v) is 4.01. The van der Waals surface area contributed by atoms with Crippen LogP contribution < -0.4 is 5.73 Å². The Morgan fingerprint density at radius 3 is 2.10 bits per heavy atom. The van der Waals surface area contributed by atoms with E-state index in [0.29, 0.717) is 32.2 Å². The number of aromatic hydroxyl groups is 1. The first kappa shape index (κ1) is 26.1. The lowest BCUT2D eigenvalue weighted by molar-refractivity contribution is 0.0586. The number of carbonyl (C=O) groups is 2. The van der Waals surface area contributed by atoms with Gasteiger partial charge in [-0.05, 0) is 36.4 Å². The monoisotopic (exact) mass is 442 g/mol. The lowest BCUT2D eigenvalue weighted by Crippen LogP contribution is -2.05. The first-order chi connectivity index (χ1) is 12.8. The average Bonchev–Trinajstić information content (AvgIpc) is 2.99. The summed E-state index contributed by atoms with van der Waals surface area (Å²) in [5.41, 5.74) is 6.84. The van der Waals surface area contributed by atoms with E-state index in [1.165, 1.54) is 20.3 Å². The van der Waals surface area contributed by atoms with E-state index < -0.39 is 11.9 Å². The fourth-order valence-electron chi connectivity index (χ4n) is 2.21. The number of esters is 2. The maximum absolute atomic E-state index is 11.2. The zero-order valence-corrected chi connectivity index (χ0v) is 15.9. The first-order valence-corrected chi connectivity index (χ1v) is 8.26. The van der Waals surface area contributed by atoms with Crippen LogP contribution in [0.1, 0.15) is 35.7 Å². The average molecular weight is 443 g/mol. The lowest BCUT2D eigenvalue weighted by atomic mass is 10.2. The molecule has 0 bridgehead atoms. The number of anilines is 1. The quantitative estimate of drug-likeness (QED) is 0.366. The van der Waals surface area contributed by atoms with Crippen molar-refractivity contribution in [1.82, 2.24) is 4.98 Å². The summed E-state index contributed by atoms with van der Waals surface area (Å²) in [6, 6.07) is 9.58. The van der Waals surface area contributed by atoms with E-state index in [1.54, 1.807) is 30.3 Å². The van der Waals surface area contributed by atoms with E-state index in [2.05, 4.69) is 14.5 Å². The van der Waals surface area contributed by atoms with Gasteiger partial charge in [-0.2, -0.15) is 0 Å². The molecule has 0 unspecified atom stereocenters. The van der Waals surface area contributed by atoms with Crippen molar-refractivity contribution in [3.8, 4) is 5.75 Å². The van der Waals surface area contributed by atoms with E-state index in [0.717, 1.165) is 0 Å². The molecule has 0 aliphatic rings. The highest BCUT2D eigenvalue weighted by Crippen LogP contribution is 2.31. The Morgan fingerprint density at radius 1 is 0.966 bits per heavy atom. The number of aromatic nitrogens is 1. The molecule has 0 amide bonds. The highest BCUT2D eigenvalue weighted by molar-refractivity contribution is 6.31. The zero-order chi connectivity index (χ0) is 20.1. The Kier molecular flexibility index (Phi) is 10.1. The molecule has 0 aliphatic heterocycles. The molecule has 3 rings (SSSR count). The fourth-order valence-corrected chi connectivity index (χ4v) is 2.56.